The van der Waals surface area contributed by atoms with Crippen LogP contribution >= 0.6 is 23.4 Å². The summed E-state index contributed by atoms with van der Waals surface area (Å²) in [7, 11) is 0. The van der Waals surface area contributed by atoms with Gasteiger partial charge in [-0.25, -0.2) is 4.39 Å². The summed E-state index contributed by atoms with van der Waals surface area (Å²) in [5.74, 6) is -0.524. The van der Waals surface area contributed by atoms with Crippen LogP contribution in [-0.4, -0.2) is 11.3 Å². The zero-order chi connectivity index (χ0) is 17.4. The van der Waals surface area contributed by atoms with Gasteiger partial charge in [0, 0.05) is 15.5 Å². The van der Waals surface area contributed by atoms with Crippen LogP contribution in [0.1, 0.15) is 25.7 Å². The standard InChI is InChI=1S/C20H17ClFNOS/c21-13-10-11-18(17(22)12-13)23-19(24)15-8-4-5-9-16(15)20(23)25-14-6-2-1-3-7-14/h1-3,6-7,10-12,20H,4-5,8-9H2. The lowest BCUT2D eigenvalue weighted by molar-refractivity contribution is -0.114. The third-order valence-electron chi connectivity index (χ3n) is 4.68. The molecule has 0 bridgehead atoms. The van der Waals surface area contributed by atoms with Gasteiger partial charge in [-0.05, 0) is 61.6 Å². The smallest absolute Gasteiger partial charge is 0.255 e. The second kappa shape index (κ2) is 6.85. The molecule has 0 saturated heterocycles. The van der Waals surface area contributed by atoms with Crippen LogP contribution in [0.4, 0.5) is 10.1 Å². The third kappa shape index (κ3) is 3.09. The number of benzene rings is 2. The molecule has 1 amide bonds. The monoisotopic (exact) mass is 373 g/mol. The van der Waals surface area contributed by atoms with Crippen molar-refractivity contribution in [3.63, 3.8) is 0 Å². The number of halogens is 2. The number of amides is 1. The Morgan fingerprint density at radius 3 is 2.60 bits per heavy atom. The van der Waals surface area contributed by atoms with Gasteiger partial charge in [-0.2, -0.15) is 0 Å². The number of anilines is 1. The van der Waals surface area contributed by atoms with E-state index in [1.165, 1.54) is 6.07 Å². The van der Waals surface area contributed by atoms with E-state index in [0.717, 1.165) is 41.7 Å². The number of hydrogen-bond acceptors (Lipinski definition) is 2. The maximum absolute atomic E-state index is 14.6. The number of hydrogen-bond donors (Lipinski definition) is 0. The summed E-state index contributed by atoms with van der Waals surface area (Å²) in [5, 5.41) is 0.138. The predicted octanol–water partition coefficient (Wildman–Crippen LogP) is 5.81. The minimum absolute atomic E-state index is 0.0654. The topological polar surface area (TPSA) is 20.3 Å². The average molecular weight is 374 g/mol. The van der Waals surface area contributed by atoms with Crippen molar-refractivity contribution in [3.8, 4) is 0 Å². The molecule has 2 aromatic rings. The van der Waals surface area contributed by atoms with Crippen molar-refractivity contribution in [1.29, 1.82) is 0 Å². The Hall–Kier alpha value is -1.78. The molecule has 25 heavy (non-hydrogen) atoms. The number of carbonyl (C=O) groups excluding carboxylic acids is 1. The Labute approximate surface area is 155 Å². The maximum Gasteiger partial charge on any atom is 0.255 e. The molecule has 1 unspecified atom stereocenters. The lowest BCUT2D eigenvalue weighted by Crippen LogP contribution is -2.34. The van der Waals surface area contributed by atoms with E-state index in [2.05, 4.69) is 0 Å². The highest BCUT2D eigenvalue weighted by molar-refractivity contribution is 8.00. The molecule has 1 heterocycles. The molecule has 0 radical (unpaired) electrons. The average Bonchev–Trinajstić information content (AvgIpc) is 2.89. The molecule has 5 heteroatoms. The minimum Gasteiger partial charge on any atom is -0.289 e. The normalized spacial score (nSPS) is 20.2. The van der Waals surface area contributed by atoms with Crippen LogP contribution in [0, 0.1) is 5.82 Å². The van der Waals surface area contributed by atoms with E-state index in [4.69, 9.17) is 11.6 Å². The SMILES string of the molecule is O=C1C2=C(CCCC2)C(Sc2ccccc2)N1c1ccc(Cl)cc1F. The molecule has 0 spiro atoms. The second-order valence-corrected chi connectivity index (χ2v) is 7.86. The first-order valence-electron chi connectivity index (χ1n) is 8.37. The van der Waals surface area contributed by atoms with Gasteiger partial charge in [-0.1, -0.05) is 41.6 Å². The highest BCUT2D eigenvalue weighted by Gasteiger charge is 2.42. The Morgan fingerprint density at radius 2 is 1.84 bits per heavy atom. The van der Waals surface area contributed by atoms with Crippen LogP contribution in [-0.2, 0) is 4.79 Å². The van der Waals surface area contributed by atoms with Crippen LogP contribution in [0.3, 0.4) is 0 Å². The zero-order valence-electron chi connectivity index (χ0n) is 13.5. The van der Waals surface area contributed by atoms with E-state index in [-0.39, 0.29) is 11.3 Å². The van der Waals surface area contributed by atoms with E-state index in [9.17, 15) is 9.18 Å². The van der Waals surface area contributed by atoms with E-state index >= 15 is 0 Å². The fourth-order valence-corrected chi connectivity index (χ4v) is 4.97. The molecule has 1 aliphatic carbocycles. The van der Waals surface area contributed by atoms with Crippen molar-refractivity contribution in [2.24, 2.45) is 0 Å². The first-order chi connectivity index (χ1) is 12.1. The van der Waals surface area contributed by atoms with Crippen molar-refractivity contribution in [1.82, 2.24) is 0 Å². The fraction of sp³-hybridized carbons (Fsp3) is 0.250. The van der Waals surface area contributed by atoms with E-state index in [0.29, 0.717) is 10.7 Å². The first kappa shape index (κ1) is 16.7. The van der Waals surface area contributed by atoms with E-state index in [1.807, 2.05) is 30.3 Å². The third-order valence-corrected chi connectivity index (χ3v) is 6.18. The summed E-state index contributed by atoms with van der Waals surface area (Å²) in [6.07, 6.45) is 3.78. The van der Waals surface area contributed by atoms with Gasteiger partial charge in [0.1, 0.15) is 11.2 Å². The Balaban J connectivity index is 1.77. The van der Waals surface area contributed by atoms with Crippen molar-refractivity contribution in [2.45, 2.75) is 36.0 Å². The van der Waals surface area contributed by atoms with E-state index < -0.39 is 5.82 Å². The minimum atomic E-state index is -0.459. The summed E-state index contributed by atoms with van der Waals surface area (Å²) in [4.78, 5) is 15.7. The highest BCUT2D eigenvalue weighted by Crippen LogP contribution is 2.46. The van der Waals surface area contributed by atoms with Crippen molar-refractivity contribution in [3.05, 3.63) is 70.5 Å². The molecule has 4 rings (SSSR count). The molecule has 0 saturated carbocycles. The summed E-state index contributed by atoms with van der Waals surface area (Å²) in [5.41, 5.74) is 2.32. The van der Waals surface area contributed by atoms with Crippen molar-refractivity contribution in [2.75, 3.05) is 4.90 Å². The summed E-state index contributed by atoms with van der Waals surface area (Å²) in [6, 6.07) is 14.5. The van der Waals surface area contributed by atoms with Crippen molar-refractivity contribution < 1.29 is 9.18 Å². The van der Waals surface area contributed by atoms with Gasteiger partial charge >= 0.3 is 0 Å². The quantitative estimate of drug-likeness (QED) is 0.676. The lowest BCUT2D eigenvalue weighted by Gasteiger charge is -2.27. The molecular weight excluding hydrogens is 357 g/mol. The van der Waals surface area contributed by atoms with Gasteiger partial charge in [0.25, 0.3) is 5.91 Å². The highest BCUT2D eigenvalue weighted by atomic mass is 35.5. The van der Waals surface area contributed by atoms with Crippen LogP contribution in [0.5, 0.6) is 0 Å². The summed E-state index contributed by atoms with van der Waals surface area (Å²) in [6.45, 7) is 0. The second-order valence-electron chi connectivity index (χ2n) is 6.27. The molecule has 1 atom stereocenters. The largest absolute Gasteiger partial charge is 0.289 e. The number of thioether (sulfide) groups is 1. The lowest BCUT2D eigenvalue weighted by atomic mass is 9.94. The zero-order valence-corrected chi connectivity index (χ0v) is 15.1. The molecule has 0 fully saturated rings. The Kier molecular flexibility index (Phi) is 4.57. The Bertz CT molecular complexity index is 852. The summed E-state index contributed by atoms with van der Waals surface area (Å²) >= 11 is 7.49. The number of carbonyl (C=O) groups is 1. The molecule has 2 aromatic carbocycles. The number of rotatable bonds is 3. The molecule has 128 valence electrons. The van der Waals surface area contributed by atoms with Gasteiger partial charge in [0.05, 0.1) is 5.69 Å². The predicted molar refractivity (Wildman–Crippen MR) is 100 cm³/mol. The van der Waals surface area contributed by atoms with Crippen molar-refractivity contribution >= 4 is 35.0 Å². The van der Waals surface area contributed by atoms with Gasteiger partial charge < -0.3 is 0 Å². The van der Waals surface area contributed by atoms with Crippen LogP contribution in [0.25, 0.3) is 0 Å². The molecule has 0 aromatic heterocycles. The first-order valence-corrected chi connectivity index (χ1v) is 9.63. The number of nitrogens with zero attached hydrogens (tertiary/aromatic N) is 1. The van der Waals surface area contributed by atoms with Crippen LogP contribution in [0.15, 0.2) is 64.6 Å². The van der Waals surface area contributed by atoms with Gasteiger partial charge in [0.2, 0.25) is 0 Å². The summed E-state index contributed by atoms with van der Waals surface area (Å²) < 4.78 is 14.6. The maximum atomic E-state index is 14.6. The van der Waals surface area contributed by atoms with Crippen LogP contribution in [0.2, 0.25) is 5.02 Å². The van der Waals surface area contributed by atoms with Crippen LogP contribution < -0.4 is 4.90 Å². The molecule has 2 nitrogen and oxygen atoms in total. The van der Waals surface area contributed by atoms with Gasteiger partial charge in [0.15, 0.2) is 0 Å². The molecule has 1 aliphatic heterocycles. The molecular formula is C20H17ClFNOS. The molecule has 2 aliphatic rings. The fourth-order valence-electron chi connectivity index (χ4n) is 3.52. The van der Waals surface area contributed by atoms with Gasteiger partial charge in [-0.3, -0.25) is 9.69 Å². The molecule has 0 N–H and O–H groups in total. The van der Waals surface area contributed by atoms with Gasteiger partial charge in [-0.15, -0.1) is 0 Å². The Morgan fingerprint density at radius 1 is 1.08 bits per heavy atom. The van der Waals surface area contributed by atoms with E-state index in [1.54, 1.807) is 28.8 Å².